The molecular weight excluding hydrogens is 286 g/mol. The summed E-state index contributed by atoms with van der Waals surface area (Å²) in [6, 6.07) is 8.30. The molecule has 0 saturated carbocycles. The first-order valence-corrected chi connectivity index (χ1v) is 7.98. The van der Waals surface area contributed by atoms with Gasteiger partial charge in [0.1, 0.15) is 6.33 Å². The Morgan fingerprint density at radius 1 is 1.17 bits per heavy atom. The van der Waals surface area contributed by atoms with E-state index in [1.54, 1.807) is 12.5 Å². The van der Waals surface area contributed by atoms with Crippen molar-refractivity contribution in [1.29, 1.82) is 0 Å². The summed E-state index contributed by atoms with van der Waals surface area (Å²) in [4.78, 5) is 20.5. The van der Waals surface area contributed by atoms with Gasteiger partial charge < -0.3 is 5.32 Å². The van der Waals surface area contributed by atoms with Gasteiger partial charge in [-0.2, -0.15) is 0 Å². The van der Waals surface area contributed by atoms with Crippen LogP contribution in [0.3, 0.4) is 0 Å². The van der Waals surface area contributed by atoms with Gasteiger partial charge in [0, 0.05) is 30.1 Å². The molecule has 0 aliphatic rings. The van der Waals surface area contributed by atoms with Crippen molar-refractivity contribution >= 4 is 5.91 Å². The van der Waals surface area contributed by atoms with Gasteiger partial charge in [-0.05, 0) is 18.9 Å². The summed E-state index contributed by atoms with van der Waals surface area (Å²) in [5.41, 5.74) is 4.31. The van der Waals surface area contributed by atoms with Crippen molar-refractivity contribution in [2.24, 2.45) is 0 Å². The summed E-state index contributed by atoms with van der Waals surface area (Å²) in [6.07, 6.45) is 4.59. The highest BCUT2D eigenvalue weighted by Crippen LogP contribution is 2.22. The lowest BCUT2D eigenvalue weighted by Crippen LogP contribution is -2.26. The van der Waals surface area contributed by atoms with Crippen LogP contribution in [0.2, 0.25) is 0 Å². The second kappa shape index (κ2) is 7.36. The number of hydrogen-bond acceptors (Lipinski definition) is 3. The fraction of sp³-hybridized carbons (Fsp3) is 0.421. The summed E-state index contributed by atoms with van der Waals surface area (Å²) in [7, 11) is 0. The van der Waals surface area contributed by atoms with Crippen LogP contribution in [0.5, 0.6) is 0 Å². The number of aromatic nitrogens is 2. The number of carbonyl (C=O) groups is 1. The Kier molecular flexibility index (Phi) is 5.48. The first-order valence-electron chi connectivity index (χ1n) is 7.98. The van der Waals surface area contributed by atoms with Crippen LogP contribution in [0, 0.1) is 6.92 Å². The van der Waals surface area contributed by atoms with Gasteiger partial charge in [0.2, 0.25) is 5.91 Å². The number of benzene rings is 1. The smallest absolute Gasteiger partial charge is 0.220 e. The van der Waals surface area contributed by atoms with Crippen LogP contribution in [-0.4, -0.2) is 15.9 Å². The summed E-state index contributed by atoms with van der Waals surface area (Å²) >= 11 is 0. The molecule has 1 aromatic carbocycles. The van der Waals surface area contributed by atoms with Crippen molar-refractivity contribution in [3.63, 3.8) is 0 Å². The molecule has 1 heterocycles. The molecule has 2 aromatic rings. The van der Waals surface area contributed by atoms with E-state index in [1.807, 2.05) is 0 Å². The maximum absolute atomic E-state index is 12.1. The third kappa shape index (κ3) is 5.16. The van der Waals surface area contributed by atoms with Crippen molar-refractivity contribution in [2.75, 3.05) is 0 Å². The Bertz CT molecular complexity index is 657. The van der Waals surface area contributed by atoms with Gasteiger partial charge in [-0.1, -0.05) is 50.6 Å². The van der Waals surface area contributed by atoms with Gasteiger partial charge in [0.05, 0.1) is 5.69 Å². The maximum atomic E-state index is 12.1. The largest absolute Gasteiger partial charge is 0.352 e. The lowest BCUT2D eigenvalue weighted by Gasteiger charge is -2.21. The van der Waals surface area contributed by atoms with Gasteiger partial charge in [-0.25, -0.2) is 9.97 Å². The van der Waals surface area contributed by atoms with E-state index >= 15 is 0 Å². The number of nitrogens with one attached hydrogen (secondary N) is 1. The zero-order chi connectivity index (χ0) is 16.9. The average Bonchev–Trinajstić information content (AvgIpc) is 2.52. The van der Waals surface area contributed by atoms with Crippen LogP contribution < -0.4 is 5.32 Å². The van der Waals surface area contributed by atoms with Crippen molar-refractivity contribution < 1.29 is 4.79 Å². The van der Waals surface area contributed by atoms with E-state index in [4.69, 9.17) is 0 Å². The van der Waals surface area contributed by atoms with E-state index in [1.165, 1.54) is 11.1 Å². The Hall–Kier alpha value is -2.23. The van der Waals surface area contributed by atoms with Crippen LogP contribution in [0.1, 0.15) is 49.6 Å². The topological polar surface area (TPSA) is 54.9 Å². The van der Waals surface area contributed by atoms with Crippen LogP contribution in [-0.2, 0) is 23.2 Å². The second-order valence-corrected chi connectivity index (χ2v) is 6.91. The number of amides is 1. The summed E-state index contributed by atoms with van der Waals surface area (Å²) in [6.45, 7) is 8.86. The first kappa shape index (κ1) is 17.1. The van der Waals surface area contributed by atoms with Gasteiger partial charge in [0.25, 0.3) is 0 Å². The van der Waals surface area contributed by atoms with E-state index in [0.717, 1.165) is 17.7 Å². The van der Waals surface area contributed by atoms with E-state index in [2.05, 4.69) is 67.2 Å². The molecule has 1 amide bonds. The zero-order valence-corrected chi connectivity index (χ0v) is 14.4. The fourth-order valence-electron chi connectivity index (χ4n) is 2.46. The predicted molar refractivity (Wildman–Crippen MR) is 92.1 cm³/mol. The number of carbonyl (C=O) groups excluding carboxylic acids is 1. The molecule has 23 heavy (non-hydrogen) atoms. The van der Waals surface area contributed by atoms with Crippen LogP contribution in [0.4, 0.5) is 0 Å². The average molecular weight is 311 g/mol. The Balaban J connectivity index is 1.89. The minimum atomic E-state index is -0.0646. The Labute approximate surface area is 138 Å². The molecule has 4 heteroatoms. The molecule has 0 spiro atoms. The number of hydrogen-bond donors (Lipinski definition) is 1. The van der Waals surface area contributed by atoms with Crippen LogP contribution in [0.25, 0.3) is 0 Å². The van der Waals surface area contributed by atoms with Crippen LogP contribution >= 0.6 is 0 Å². The van der Waals surface area contributed by atoms with Gasteiger partial charge in [-0.15, -0.1) is 0 Å². The highest BCUT2D eigenvalue weighted by molar-refractivity contribution is 5.76. The molecular formula is C19H25N3O. The van der Waals surface area contributed by atoms with E-state index < -0.39 is 0 Å². The zero-order valence-electron chi connectivity index (χ0n) is 14.4. The van der Waals surface area contributed by atoms with Crippen molar-refractivity contribution in [3.8, 4) is 0 Å². The fourth-order valence-corrected chi connectivity index (χ4v) is 2.46. The van der Waals surface area contributed by atoms with Crippen molar-refractivity contribution in [1.82, 2.24) is 15.3 Å². The summed E-state index contributed by atoms with van der Waals surface area (Å²) in [5, 5.41) is 2.97. The van der Waals surface area contributed by atoms with Gasteiger partial charge in [-0.3, -0.25) is 4.79 Å². The summed E-state index contributed by atoms with van der Waals surface area (Å²) in [5.74, 6) is 0.0503. The highest BCUT2D eigenvalue weighted by atomic mass is 16.1. The molecule has 1 aromatic heterocycles. The molecule has 0 unspecified atom stereocenters. The van der Waals surface area contributed by atoms with E-state index in [0.29, 0.717) is 13.0 Å². The molecule has 0 saturated heterocycles. The number of aryl methyl sites for hydroxylation is 2. The monoisotopic (exact) mass is 311 g/mol. The van der Waals surface area contributed by atoms with Gasteiger partial charge in [0.15, 0.2) is 0 Å². The van der Waals surface area contributed by atoms with Crippen molar-refractivity contribution in [2.45, 2.75) is 52.5 Å². The van der Waals surface area contributed by atoms with Crippen LogP contribution in [0.15, 0.2) is 36.8 Å². The third-order valence-electron chi connectivity index (χ3n) is 3.74. The third-order valence-corrected chi connectivity index (χ3v) is 3.74. The standard InChI is InChI=1S/C19H25N3O/c1-14-5-7-15(8-6-14)9-10-17(23)21-12-16-11-20-13-22-18(16)19(2,3)4/h5-8,11,13H,9-10,12H2,1-4H3,(H,21,23). The number of rotatable bonds is 5. The molecule has 122 valence electrons. The lowest BCUT2D eigenvalue weighted by molar-refractivity contribution is -0.121. The molecule has 0 aliphatic heterocycles. The maximum Gasteiger partial charge on any atom is 0.220 e. The number of nitrogens with zero attached hydrogens (tertiary/aromatic N) is 2. The molecule has 0 atom stereocenters. The Morgan fingerprint density at radius 2 is 1.87 bits per heavy atom. The second-order valence-electron chi connectivity index (χ2n) is 6.91. The van der Waals surface area contributed by atoms with Gasteiger partial charge >= 0.3 is 0 Å². The highest BCUT2D eigenvalue weighted by Gasteiger charge is 2.19. The van der Waals surface area contributed by atoms with E-state index in [-0.39, 0.29) is 11.3 Å². The molecule has 2 rings (SSSR count). The van der Waals surface area contributed by atoms with E-state index in [9.17, 15) is 4.79 Å². The Morgan fingerprint density at radius 3 is 2.52 bits per heavy atom. The predicted octanol–water partition coefficient (Wildman–Crippen LogP) is 3.33. The quantitative estimate of drug-likeness (QED) is 0.921. The first-order chi connectivity index (χ1) is 10.9. The molecule has 0 fully saturated rings. The molecule has 1 N–H and O–H groups in total. The summed E-state index contributed by atoms with van der Waals surface area (Å²) < 4.78 is 0. The SMILES string of the molecule is Cc1ccc(CCC(=O)NCc2cncnc2C(C)(C)C)cc1. The molecule has 0 bridgehead atoms. The molecule has 4 nitrogen and oxygen atoms in total. The normalized spacial score (nSPS) is 11.3. The minimum Gasteiger partial charge on any atom is -0.352 e. The van der Waals surface area contributed by atoms with Crippen molar-refractivity contribution in [3.05, 3.63) is 59.2 Å². The lowest BCUT2D eigenvalue weighted by atomic mass is 9.89. The minimum absolute atomic E-state index is 0.0503. The molecule has 0 radical (unpaired) electrons. The molecule has 0 aliphatic carbocycles.